The molecule has 1 aliphatic heterocycles. The fourth-order valence-electron chi connectivity index (χ4n) is 2.40. The van der Waals surface area contributed by atoms with Crippen LogP contribution in [-0.4, -0.2) is 62.8 Å². The lowest BCUT2D eigenvalue weighted by molar-refractivity contribution is -0.0992. The summed E-state index contributed by atoms with van der Waals surface area (Å²) in [5.74, 6) is 0. The van der Waals surface area contributed by atoms with E-state index in [1.54, 1.807) is 14.2 Å². The number of amides is 1. The van der Waals surface area contributed by atoms with Gasteiger partial charge in [-0.2, -0.15) is 0 Å². The van der Waals surface area contributed by atoms with E-state index in [4.69, 9.17) is 14.2 Å². The Morgan fingerprint density at radius 2 is 1.95 bits per heavy atom. The summed E-state index contributed by atoms with van der Waals surface area (Å²) in [4.78, 5) is 14.1. The van der Waals surface area contributed by atoms with Gasteiger partial charge in [-0.05, 0) is 40.0 Å². The number of rotatable bonds is 6. The maximum Gasteiger partial charge on any atom is 0.410 e. The largest absolute Gasteiger partial charge is 0.444 e. The third kappa shape index (κ3) is 6.63. The van der Waals surface area contributed by atoms with E-state index in [0.717, 1.165) is 32.4 Å². The second kappa shape index (κ2) is 8.56. The lowest BCUT2D eigenvalue weighted by Gasteiger charge is -2.37. The summed E-state index contributed by atoms with van der Waals surface area (Å²) >= 11 is 0. The molecule has 21 heavy (non-hydrogen) atoms. The first-order valence-electron chi connectivity index (χ1n) is 7.63. The van der Waals surface area contributed by atoms with E-state index in [2.05, 4.69) is 5.32 Å². The van der Waals surface area contributed by atoms with E-state index in [-0.39, 0.29) is 18.4 Å². The fourth-order valence-corrected chi connectivity index (χ4v) is 2.40. The SMILES string of the molecule is COC(CNCC1CCCCN1C(=O)OC(C)(C)C)OC. The molecule has 1 amide bonds. The van der Waals surface area contributed by atoms with Gasteiger partial charge in [-0.3, -0.25) is 0 Å². The summed E-state index contributed by atoms with van der Waals surface area (Å²) in [6.07, 6.45) is 2.70. The maximum absolute atomic E-state index is 12.3. The van der Waals surface area contributed by atoms with Gasteiger partial charge in [-0.25, -0.2) is 4.79 Å². The Hall–Kier alpha value is -0.850. The van der Waals surface area contributed by atoms with Gasteiger partial charge < -0.3 is 24.4 Å². The number of carbonyl (C=O) groups excluding carboxylic acids is 1. The van der Waals surface area contributed by atoms with E-state index in [0.29, 0.717) is 6.54 Å². The molecule has 1 atom stereocenters. The highest BCUT2D eigenvalue weighted by atomic mass is 16.7. The van der Waals surface area contributed by atoms with Gasteiger partial charge in [0.25, 0.3) is 0 Å². The zero-order valence-electron chi connectivity index (χ0n) is 14.0. The molecule has 0 saturated carbocycles. The third-order valence-corrected chi connectivity index (χ3v) is 3.47. The van der Waals surface area contributed by atoms with Crippen LogP contribution in [0.5, 0.6) is 0 Å². The molecule has 1 rings (SSSR count). The minimum Gasteiger partial charge on any atom is -0.444 e. The molecule has 0 aromatic carbocycles. The molecule has 6 heteroatoms. The molecule has 1 saturated heterocycles. The van der Waals surface area contributed by atoms with Crippen molar-refractivity contribution in [3.63, 3.8) is 0 Å². The number of ether oxygens (including phenoxy) is 3. The summed E-state index contributed by atoms with van der Waals surface area (Å²) in [6, 6.07) is 0.169. The molecule has 0 bridgehead atoms. The van der Waals surface area contributed by atoms with Crippen LogP contribution in [0.15, 0.2) is 0 Å². The Labute approximate surface area is 128 Å². The number of methoxy groups -OCH3 is 2. The summed E-state index contributed by atoms with van der Waals surface area (Å²) in [5.41, 5.74) is -0.455. The Kier molecular flexibility index (Phi) is 7.42. The van der Waals surface area contributed by atoms with Crippen molar-refractivity contribution in [3.8, 4) is 0 Å². The average molecular weight is 302 g/mol. The van der Waals surface area contributed by atoms with Crippen LogP contribution in [0.3, 0.4) is 0 Å². The molecule has 0 radical (unpaired) electrons. The molecule has 1 fully saturated rings. The van der Waals surface area contributed by atoms with Crippen LogP contribution in [0, 0.1) is 0 Å². The summed E-state index contributed by atoms with van der Waals surface area (Å²) in [5, 5.41) is 3.31. The normalized spacial score (nSPS) is 19.9. The predicted octanol–water partition coefficient (Wildman–Crippen LogP) is 1.98. The van der Waals surface area contributed by atoms with Crippen molar-refractivity contribution in [2.24, 2.45) is 0 Å². The zero-order chi connectivity index (χ0) is 15.9. The highest BCUT2D eigenvalue weighted by Crippen LogP contribution is 2.20. The lowest BCUT2D eigenvalue weighted by Crippen LogP contribution is -2.50. The van der Waals surface area contributed by atoms with Gasteiger partial charge in [0.1, 0.15) is 5.60 Å². The first kappa shape index (κ1) is 18.2. The van der Waals surface area contributed by atoms with Gasteiger partial charge in [0.2, 0.25) is 0 Å². The van der Waals surface area contributed by atoms with Crippen LogP contribution in [0.2, 0.25) is 0 Å². The molecule has 0 aromatic rings. The van der Waals surface area contributed by atoms with Crippen molar-refractivity contribution in [3.05, 3.63) is 0 Å². The van der Waals surface area contributed by atoms with Gasteiger partial charge >= 0.3 is 6.09 Å². The summed E-state index contributed by atoms with van der Waals surface area (Å²) in [7, 11) is 3.23. The molecule has 0 spiro atoms. The summed E-state index contributed by atoms with van der Waals surface area (Å²) in [6.45, 7) is 7.77. The number of hydrogen-bond acceptors (Lipinski definition) is 5. The van der Waals surface area contributed by atoms with Crippen molar-refractivity contribution in [1.29, 1.82) is 0 Å². The molecular formula is C15H30N2O4. The smallest absolute Gasteiger partial charge is 0.410 e. The van der Waals surface area contributed by atoms with E-state index in [1.807, 2.05) is 25.7 Å². The Bertz CT molecular complexity index is 313. The van der Waals surface area contributed by atoms with Gasteiger partial charge in [-0.1, -0.05) is 0 Å². The van der Waals surface area contributed by atoms with Crippen molar-refractivity contribution >= 4 is 6.09 Å². The molecular weight excluding hydrogens is 272 g/mol. The molecule has 1 heterocycles. The first-order valence-corrected chi connectivity index (χ1v) is 7.63. The summed E-state index contributed by atoms with van der Waals surface area (Å²) < 4.78 is 15.8. The van der Waals surface area contributed by atoms with E-state index >= 15 is 0 Å². The minimum absolute atomic E-state index is 0.169. The fraction of sp³-hybridized carbons (Fsp3) is 0.933. The molecule has 0 aliphatic carbocycles. The van der Waals surface area contributed by atoms with E-state index in [1.165, 1.54) is 0 Å². The number of likely N-dealkylation sites (tertiary alicyclic amines) is 1. The second-order valence-corrected chi connectivity index (χ2v) is 6.38. The third-order valence-electron chi connectivity index (χ3n) is 3.47. The van der Waals surface area contributed by atoms with E-state index in [9.17, 15) is 4.79 Å². The number of nitrogens with one attached hydrogen (secondary N) is 1. The zero-order valence-corrected chi connectivity index (χ0v) is 14.0. The van der Waals surface area contributed by atoms with Crippen LogP contribution >= 0.6 is 0 Å². The topological polar surface area (TPSA) is 60.0 Å². The number of carbonyl (C=O) groups is 1. The quantitative estimate of drug-likeness (QED) is 0.760. The van der Waals surface area contributed by atoms with Crippen molar-refractivity contribution in [2.45, 2.75) is 58.0 Å². The van der Waals surface area contributed by atoms with Crippen LogP contribution in [0.4, 0.5) is 4.79 Å². The highest BCUT2D eigenvalue weighted by molar-refractivity contribution is 5.68. The highest BCUT2D eigenvalue weighted by Gasteiger charge is 2.30. The Morgan fingerprint density at radius 3 is 2.52 bits per heavy atom. The van der Waals surface area contributed by atoms with Crippen LogP contribution in [0.25, 0.3) is 0 Å². The van der Waals surface area contributed by atoms with Gasteiger partial charge in [0, 0.05) is 39.9 Å². The standard InChI is InChI=1S/C15H30N2O4/c1-15(2,3)21-14(18)17-9-7-6-8-12(17)10-16-11-13(19-4)20-5/h12-13,16H,6-11H2,1-5H3. The second-order valence-electron chi connectivity index (χ2n) is 6.38. The van der Waals surface area contributed by atoms with Crippen molar-refractivity contribution in [2.75, 3.05) is 33.9 Å². The van der Waals surface area contributed by atoms with E-state index < -0.39 is 5.60 Å². The van der Waals surface area contributed by atoms with Crippen LogP contribution in [0.1, 0.15) is 40.0 Å². The van der Waals surface area contributed by atoms with Gasteiger partial charge in [-0.15, -0.1) is 0 Å². The maximum atomic E-state index is 12.3. The molecule has 1 N–H and O–H groups in total. The molecule has 124 valence electrons. The number of nitrogens with zero attached hydrogens (tertiary/aromatic N) is 1. The number of piperidine rings is 1. The first-order chi connectivity index (χ1) is 9.87. The van der Waals surface area contributed by atoms with Crippen molar-refractivity contribution in [1.82, 2.24) is 10.2 Å². The minimum atomic E-state index is -0.455. The molecule has 1 unspecified atom stereocenters. The number of hydrogen-bond donors (Lipinski definition) is 1. The lowest BCUT2D eigenvalue weighted by atomic mass is 10.0. The Balaban J connectivity index is 2.47. The van der Waals surface area contributed by atoms with Crippen LogP contribution in [-0.2, 0) is 14.2 Å². The molecule has 6 nitrogen and oxygen atoms in total. The Morgan fingerprint density at radius 1 is 1.29 bits per heavy atom. The average Bonchev–Trinajstić information content (AvgIpc) is 2.42. The van der Waals surface area contributed by atoms with Gasteiger partial charge in [0.05, 0.1) is 0 Å². The monoisotopic (exact) mass is 302 g/mol. The van der Waals surface area contributed by atoms with Crippen molar-refractivity contribution < 1.29 is 19.0 Å². The van der Waals surface area contributed by atoms with Crippen LogP contribution < -0.4 is 5.32 Å². The predicted molar refractivity (Wildman–Crippen MR) is 81.3 cm³/mol. The van der Waals surface area contributed by atoms with Gasteiger partial charge in [0.15, 0.2) is 6.29 Å². The molecule has 1 aliphatic rings. The molecule has 0 aromatic heterocycles.